The van der Waals surface area contributed by atoms with Gasteiger partial charge in [-0.2, -0.15) is 0 Å². The molecule has 16 heavy (non-hydrogen) atoms. The standard InChI is InChI=1S/C14H28OSi/c1-14(2,3)16(4,5)13-11-9-7-6-8-10-12-15/h8-11,15H,6-7,12-13H2,1-5H3/b10-8+,11-9+. The summed E-state index contributed by atoms with van der Waals surface area (Å²) in [5, 5.41) is 9.05. The lowest BCUT2D eigenvalue weighted by molar-refractivity contribution is 0.342. The molecule has 0 saturated carbocycles. The molecule has 1 nitrogen and oxygen atoms in total. The summed E-state index contributed by atoms with van der Waals surface area (Å²) in [6.45, 7) is 12.2. The Bertz CT molecular complexity index is 234. The first-order valence-corrected chi connectivity index (χ1v) is 9.43. The molecule has 0 rings (SSSR count). The molecule has 0 heterocycles. The van der Waals surface area contributed by atoms with E-state index in [1.807, 2.05) is 12.2 Å². The topological polar surface area (TPSA) is 20.2 Å². The minimum Gasteiger partial charge on any atom is -0.392 e. The van der Waals surface area contributed by atoms with Crippen molar-refractivity contribution >= 4 is 8.07 Å². The Morgan fingerprint density at radius 2 is 1.44 bits per heavy atom. The minimum atomic E-state index is -1.13. The molecular weight excluding hydrogens is 212 g/mol. The van der Waals surface area contributed by atoms with Gasteiger partial charge in [-0.1, -0.05) is 58.2 Å². The highest BCUT2D eigenvalue weighted by Crippen LogP contribution is 2.38. The Balaban J connectivity index is 3.88. The largest absolute Gasteiger partial charge is 0.392 e. The average molecular weight is 240 g/mol. The van der Waals surface area contributed by atoms with Gasteiger partial charge in [-0.05, 0) is 23.9 Å². The molecule has 0 aliphatic rings. The van der Waals surface area contributed by atoms with Crippen LogP contribution in [0.25, 0.3) is 0 Å². The van der Waals surface area contributed by atoms with E-state index in [9.17, 15) is 0 Å². The molecule has 2 heteroatoms. The number of aliphatic hydroxyl groups excluding tert-OH is 1. The van der Waals surface area contributed by atoms with Gasteiger partial charge in [0.15, 0.2) is 0 Å². The van der Waals surface area contributed by atoms with Gasteiger partial charge in [0, 0.05) is 0 Å². The molecule has 0 aromatic rings. The fraction of sp³-hybridized carbons (Fsp3) is 0.714. The van der Waals surface area contributed by atoms with Gasteiger partial charge in [-0.15, -0.1) is 0 Å². The van der Waals surface area contributed by atoms with Gasteiger partial charge in [0.2, 0.25) is 0 Å². The van der Waals surface area contributed by atoms with Crippen molar-refractivity contribution in [3.63, 3.8) is 0 Å². The highest BCUT2D eigenvalue weighted by molar-refractivity contribution is 6.80. The summed E-state index contributed by atoms with van der Waals surface area (Å²) in [6, 6.07) is 1.26. The predicted octanol–water partition coefficient (Wildman–Crippen LogP) is 4.38. The third-order valence-corrected chi connectivity index (χ3v) is 8.91. The monoisotopic (exact) mass is 240 g/mol. The highest BCUT2D eigenvalue weighted by atomic mass is 28.3. The minimum absolute atomic E-state index is 0.160. The zero-order valence-corrected chi connectivity index (χ0v) is 12.6. The Labute approximate surface area is 102 Å². The molecular formula is C14H28OSi. The van der Waals surface area contributed by atoms with Crippen LogP contribution in [0, 0.1) is 0 Å². The highest BCUT2D eigenvalue weighted by Gasteiger charge is 2.33. The first kappa shape index (κ1) is 15.7. The van der Waals surface area contributed by atoms with Crippen LogP contribution in [0.3, 0.4) is 0 Å². The maximum absolute atomic E-state index is 8.57. The molecule has 0 aliphatic carbocycles. The molecule has 0 amide bonds. The summed E-state index contributed by atoms with van der Waals surface area (Å²) in [5.41, 5.74) is 0. The fourth-order valence-corrected chi connectivity index (χ4v) is 2.56. The van der Waals surface area contributed by atoms with E-state index < -0.39 is 8.07 Å². The van der Waals surface area contributed by atoms with Crippen LogP contribution >= 0.6 is 0 Å². The van der Waals surface area contributed by atoms with E-state index in [0.29, 0.717) is 5.04 Å². The Hall–Kier alpha value is -0.343. The summed E-state index contributed by atoms with van der Waals surface area (Å²) in [6.07, 6.45) is 10.6. The van der Waals surface area contributed by atoms with Crippen molar-refractivity contribution in [3.05, 3.63) is 24.3 Å². The van der Waals surface area contributed by atoms with Gasteiger partial charge >= 0.3 is 0 Å². The quantitative estimate of drug-likeness (QED) is 0.415. The summed E-state index contributed by atoms with van der Waals surface area (Å²) in [4.78, 5) is 0. The van der Waals surface area contributed by atoms with Crippen molar-refractivity contribution in [2.45, 2.75) is 57.8 Å². The maximum Gasteiger partial charge on any atom is 0.0612 e. The molecule has 0 spiro atoms. The lowest BCUT2D eigenvalue weighted by Crippen LogP contribution is -2.36. The van der Waals surface area contributed by atoms with Crippen LogP contribution in [0.5, 0.6) is 0 Å². The van der Waals surface area contributed by atoms with Crippen molar-refractivity contribution < 1.29 is 5.11 Å². The van der Waals surface area contributed by atoms with Crippen molar-refractivity contribution in [2.24, 2.45) is 0 Å². The number of unbranched alkanes of at least 4 members (excludes halogenated alkanes) is 1. The molecule has 0 saturated heterocycles. The number of rotatable bonds is 6. The smallest absolute Gasteiger partial charge is 0.0612 e. The van der Waals surface area contributed by atoms with Crippen LogP contribution in [-0.2, 0) is 0 Å². The second kappa shape index (κ2) is 7.07. The SMILES string of the molecule is CC(C)(C)[Si](C)(C)C/C=C/CC/C=C/CO. The molecule has 0 fully saturated rings. The van der Waals surface area contributed by atoms with Crippen LogP contribution in [0.2, 0.25) is 24.2 Å². The second-order valence-electron chi connectivity index (χ2n) is 6.04. The molecule has 1 N–H and O–H groups in total. The summed E-state index contributed by atoms with van der Waals surface area (Å²) in [7, 11) is -1.13. The third-order valence-electron chi connectivity index (χ3n) is 3.60. The number of allylic oxidation sites excluding steroid dienone is 3. The van der Waals surface area contributed by atoms with Crippen LogP contribution in [0.15, 0.2) is 24.3 Å². The normalized spacial score (nSPS) is 14.1. The van der Waals surface area contributed by atoms with E-state index in [2.05, 4.69) is 46.0 Å². The van der Waals surface area contributed by atoms with E-state index in [0.717, 1.165) is 12.8 Å². The van der Waals surface area contributed by atoms with E-state index in [1.165, 1.54) is 6.04 Å². The van der Waals surface area contributed by atoms with Gasteiger partial charge in [-0.25, -0.2) is 0 Å². The molecule has 0 bridgehead atoms. The van der Waals surface area contributed by atoms with E-state index in [4.69, 9.17) is 5.11 Å². The number of aliphatic hydroxyl groups is 1. The molecule has 0 aliphatic heterocycles. The lowest BCUT2D eigenvalue weighted by Gasteiger charge is -2.36. The predicted molar refractivity (Wildman–Crippen MR) is 76.6 cm³/mol. The number of hydrogen-bond donors (Lipinski definition) is 1. The molecule has 0 atom stereocenters. The number of hydrogen-bond acceptors (Lipinski definition) is 1. The summed E-state index contributed by atoms with van der Waals surface area (Å²) >= 11 is 0. The van der Waals surface area contributed by atoms with Gasteiger partial charge in [0.1, 0.15) is 0 Å². The van der Waals surface area contributed by atoms with Gasteiger partial charge in [0.05, 0.1) is 14.7 Å². The Morgan fingerprint density at radius 1 is 0.938 bits per heavy atom. The molecule has 0 aromatic carbocycles. The van der Waals surface area contributed by atoms with Gasteiger partial charge in [-0.3, -0.25) is 0 Å². The van der Waals surface area contributed by atoms with Gasteiger partial charge in [0.25, 0.3) is 0 Å². The van der Waals surface area contributed by atoms with Crippen LogP contribution in [0.4, 0.5) is 0 Å². The van der Waals surface area contributed by atoms with E-state index >= 15 is 0 Å². The van der Waals surface area contributed by atoms with Crippen molar-refractivity contribution in [2.75, 3.05) is 6.61 Å². The van der Waals surface area contributed by atoms with E-state index in [-0.39, 0.29) is 6.61 Å². The first-order valence-electron chi connectivity index (χ1n) is 6.22. The second-order valence-corrected chi connectivity index (χ2v) is 11.7. The van der Waals surface area contributed by atoms with Crippen LogP contribution in [0.1, 0.15) is 33.6 Å². The lowest BCUT2D eigenvalue weighted by atomic mass is 10.2. The van der Waals surface area contributed by atoms with E-state index in [1.54, 1.807) is 0 Å². The summed E-state index contributed by atoms with van der Waals surface area (Å²) < 4.78 is 0. The van der Waals surface area contributed by atoms with Crippen molar-refractivity contribution in [3.8, 4) is 0 Å². The average Bonchev–Trinajstić information content (AvgIpc) is 2.14. The van der Waals surface area contributed by atoms with Crippen LogP contribution in [-0.4, -0.2) is 19.8 Å². The summed E-state index contributed by atoms with van der Waals surface area (Å²) in [5.74, 6) is 0. The Kier molecular flexibility index (Phi) is 6.92. The molecule has 0 unspecified atom stereocenters. The zero-order valence-electron chi connectivity index (χ0n) is 11.6. The fourth-order valence-electron chi connectivity index (χ4n) is 1.19. The Morgan fingerprint density at radius 3 is 1.88 bits per heavy atom. The van der Waals surface area contributed by atoms with Crippen molar-refractivity contribution in [1.82, 2.24) is 0 Å². The third kappa shape index (κ3) is 6.29. The molecule has 94 valence electrons. The molecule has 0 aromatic heterocycles. The first-order chi connectivity index (χ1) is 7.31. The van der Waals surface area contributed by atoms with Crippen LogP contribution < -0.4 is 0 Å². The van der Waals surface area contributed by atoms with Gasteiger partial charge < -0.3 is 5.11 Å². The van der Waals surface area contributed by atoms with Crippen molar-refractivity contribution in [1.29, 1.82) is 0 Å². The molecule has 0 radical (unpaired) electrons. The zero-order chi connectivity index (χ0) is 12.7. The maximum atomic E-state index is 8.57.